The van der Waals surface area contributed by atoms with Crippen LogP contribution in [0.1, 0.15) is 23.5 Å². The Hall–Kier alpha value is -4.36. The van der Waals surface area contributed by atoms with Crippen molar-refractivity contribution < 1.29 is 9.53 Å². The van der Waals surface area contributed by atoms with Crippen LogP contribution in [0.25, 0.3) is 32.6 Å². The Balaban J connectivity index is 1.56. The fourth-order valence-electron chi connectivity index (χ4n) is 4.58. The molecule has 3 aromatic carbocycles. The van der Waals surface area contributed by atoms with Gasteiger partial charge in [0.05, 0.1) is 18.5 Å². The third-order valence-electron chi connectivity index (χ3n) is 6.63. The van der Waals surface area contributed by atoms with Crippen LogP contribution in [-0.4, -0.2) is 31.1 Å². The summed E-state index contributed by atoms with van der Waals surface area (Å²) in [6.45, 7) is 6.10. The van der Waals surface area contributed by atoms with Gasteiger partial charge < -0.3 is 20.7 Å². The molecule has 2 aromatic heterocycles. The molecular formula is C31H30N4O2S. The lowest BCUT2D eigenvalue weighted by Crippen LogP contribution is -2.21. The van der Waals surface area contributed by atoms with E-state index < -0.39 is 0 Å². The van der Waals surface area contributed by atoms with Gasteiger partial charge in [-0.05, 0) is 67.4 Å². The van der Waals surface area contributed by atoms with E-state index in [4.69, 9.17) is 15.5 Å². The van der Waals surface area contributed by atoms with Crippen molar-refractivity contribution in [3.8, 4) is 28.1 Å². The molecule has 0 spiro atoms. The number of carbonyl (C=O) groups excluding carboxylic acids is 1. The second kappa shape index (κ2) is 10.9. The van der Waals surface area contributed by atoms with E-state index in [9.17, 15) is 4.79 Å². The van der Waals surface area contributed by atoms with Gasteiger partial charge in [-0.3, -0.25) is 4.79 Å². The monoisotopic (exact) mass is 522 g/mol. The minimum absolute atomic E-state index is 0.247. The third-order valence-corrected chi connectivity index (χ3v) is 7.73. The number of carbonyl (C=O) groups is 1. The number of hydrogen-bond acceptors (Lipinski definition) is 6. The zero-order valence-corrected chi connectivity index (χ0v) is 22.5. The number of benzene rings is 3. The first-order valence-electron chi connectivity index (χ1n) is 12.6. The Morgan fingerprint density at radius 2 is 1.63 bits per heavy atom. The number of pyridine rings is 1. The summed E-state index contributed by atoms with van der Waals surface area (Å²) in [4.78, 5) is 21.7. The van der Waals surface area contributed by atoms with E-state index >= 15 is 0 Å². The molecule has 0 aliphatic rings. The average molecular weight is 523 g/mol. The highest BCUT2D eigenvalue weighted by Crippen LogP contribution is 2.42. The van der Waals surface area contributed by atoms with Crippen molar-refractivity contribution >= 4 is 44.5 Å². The summed E-state index contributed by atoms with van der Waals surface area (Å²) in [5.74, 6) is 0.524. The van der Waals surface area contributed by atoms with Crippen molar-refractivity contribution in [3.05, 3.63) is 89.8 Å². The molecular weight excluding hydrogens is 492 g/mol. The molecule has 192 valence electrons. The second-order valence-electron chi connectivity index (χ2n) is 8.85. The fourth-order valence-corrected chi connectivity index (χ4v) is 5.59. The van der Waals surface area contributed by atoms with E-state index in [1.807, 2.05) is 84.9 Å². The van der Waals surface area contributed by atoms with Gasteiger partial charge in [0.25, 0.3) is 5.91 Å². The molecule has 5 rings (SSSR count). The van der Waals surface area contributed by atoms with Crippen LogP contribution in [0.5, 0.6) is 5.75 Å². The van der Waals surface area contributed by atoms with Gasteiger partial charge >= 0.3 is 0 Å². The van der Waals surface area contributed by atoms with Gasteiger partial charge in [0.1, 0.15) is 15.5 Å². The Morgan fingerprint density at radius 1 is 0.947 bits per heavy atom. The number of aromatic nitrogens is 1. The van der Waals surface area contributed by atoms with Crippen LogP contribution in [0.4, 0.5) is 17.1 Å². The van der Waals surface area contributed by atoms with Crippen LogP contribution in [-0.2, 0) is 0 Å². The molecule has 0 unspecified atom stereocenters. The van der Waals surface area contributed by atoms with E-state index in [1.54, 1.807) is 7.11 Å². The van der Waals surface area contributed by atoms with Gasteiger partial charge in [-0.15, -0.1) is 11.3 Å². The highest BCUT2D eigenvalue weighted by atomic mass is 32.1. The largest absolute Gasteiger partial charge is 0.497 e. The first-order valence-corrected chi connectivity index (χ1v) is 13.4. The van der Waals surface area contributed by atoms with Crippen LogP contribution in [0.15, 0.2) is 84.9 Å². The molecule has 2 heterocycles. The molecule has 0 aliphatic carbocycles. The standard InChI is InChI=1S/C31H30N4O2S/c1-4-35(5-2)23-15-13-22(14-16-23)33-30(36)29-28(32)27-25(20-11-17-24(37-3)18-12-20)19-26(34-31(27)38-29)21-9-7-6-8-10-21/h6-19H,4-5,32H2,1-3H3,(H,33,36). The minimum Gasteiger partial charge on any atom is -0.497 e. The topological polar surface area (TPSA) is 80.5 Å². The van der Waals surface area contributed by atoms with E-state index in [-0.39, 0.29) is 5.91 Å². The molecule has 0 fully saturated rings. The van der Waals surface area contributed by atoms with Gasteiger partial charge in [-0.25, -0.2) is 4.98 Å². The molecule has 0 radical (unpaired) electrons. The van der Waals surface area contributed by atoms with Crippen molar-refractivity contribution in [1.29, 1.82) is 0 Å². The van der Waals surface area contributed by atoms with Gasteiger partial charge in [0, 0.05) is 35.4 Å². The number of nitrogen functional groups attached to an aromatic ring is 1. The highest BCUT2D eigenvalue weighted by molar-refractivity contribution is 7.21. The third kappa shape index (κ3) is 4.93. The smallest absolute Gasteiger partial charge is 0.267 e. The lowest BCUT2D eigenvalue weighted by molar-refractivity contribution is 0.103. The summed E-state index contributed by atoms with van der Waals surface area (Å²) in [6.07, 6.45) is 0. The van der Waals surface area contributed by atoms with Crippen molar-refractivity contribution in [3.63, 3.8) is 0 Å². The molecule has 1 amide bonds. The zero-order valence-electron chi connectivity index (χ0n) is 21.7. The van der Waals surface area contributed by atoms with Crippen molar-refractivity contribution in [2.75, 3.05) is 36.1 Å². The maximum Gasteiger partial charge on any atom is 0.267 e. The predicted octanol–water partition coefficient (Wildman–Crippen LogP) is 7.32. The number of ether oxygens (including phenoxy) is 1. The number of nitrogens with one attached hydrogen (secondary N) is 1. The molecule has 0 bridgehead atoms. The van der Waals surface area contributed by atoms with Gasteiger partial charge in [-0.1, -0.05) is 42.5 Å². The molecule has 38 heavy (non-hydrogen) atoms. The van der Waals surface area contributed by atoms with Gasteiger partial charge in [0.15, 0.2) is 0 Å². The zero-order chi connectivity index (χ0) is 26.6. The number of amides is 1. The normalized spacial score (nSPS) is 10.9. The van der Waals surface area contributed by atoms with Crippen LogP contribution in [0.3, 0.4) is 0 Å². The number of nitrogens with two attached hydrogens (primary N) is 1. The van der Waals surface area contributed by atoms with E-state index in [0.29, 0.717) is 10.6 Å². The summed E-state index contributed by atoms with van der Waals surface area (Å²) in [7, 11) is 1.64. The molecule has 0 saturated carbocycles. The molecule has 0 atom stereocenters. The first-order chi connectivity index (χ1) is 18.5. The Labute approximate surface area is 226 Å². The van der Waals surface area contributed by atoms with Gasteiger partial charge in [-0.2, -0.15) is 0 Å². The molecule has 0 saturated heterocycles. The Bertz CT molecular complexity index is 1560. The van der Waals surface area contributed by atoms with Crippen LogP contribution in [0, 0.1) is 0 Å². The number of rotatable bonds is 8. The molecule has 7 heteroatoms. The summed E-state index contributed by atoms with van der Waals surface area (Å²) < 4.78 is 5.34. The number of thiophene rings is 1. The molecule has 3 N–H and O–H groups in total. The average Bonchev–Trinajstić information content (AvgIpc) is 3.31. The van der Waals surface area contributed by atoms with Crippen LogP contribution in [0.2, 0.25) is 0 Å². The summed E-state index contributed by atoms with van der Waals surface area (Å²) in [5.41, 5.74) is 12.6. The SMILES string of the molecule is CCN(CC)c1ccc(NC(=O)c2sc3nc(-c4ccccc4)cc(-c4ccc(OC)cc4)c3c2N)cc1. The molecule has 6 nitrogen and oxygen atoms in total. The fraction of sp³-hybridized carbons (Fsp3) is 0.161. The summed E-state index contributed by atoms with van der Waals surface area (Å²) in [5, 5.41) is 3.79. The van der Waals surface area contributed by atoms with Crippen molar-refractivity contribution in [1.82, 2.24) is 4.98 Å². The van der Waals surface area contributed by atoms with Gasteiger partial charge in [0.2, 0.25) is 0 Å². The number of hydrogen-bond donors (Lipinski definition) is 2. The number of anilines is 3. The first kappa shape index (κ1) is 25.3. The number of nitrogens with zero attached hydrogens (tertiary/aromatic N) is 2. The van der Waals surface area contributed by atoms with E-state index in [1.165, 1.54) is 11.3 Å². The van der Waals surface area contributed by atoms with Crippen molar-refractivity contribution in [2.45, 2.75) is 13.8 Å². The molecule has 5 aromatic rings. The second-order valence-corrected chi connectivity index (χ2v) is 9.85. The number of fused-ring (bicyclic) bond motifs is 1. The van der Waals surface area contributed by atoms with Crippen molar-refractivity contribution in [2.24, 2.45) is 0 Å². The maximum atomic E-state index is 13.4. The highest BCUT2D eigenvalue weighted by Gasteiger charge is 2.22. The summed E-state index contributed by atoms with van der Waals surface area (Å²) >= 11 is 1.31. The Morgan fingerprint density at radius 3 is 2.26 bits per heavy atom. The van der Waals surface area contributed by atoms with E-state index in [2.05, 4.69) is 24.1 Å². The predicted molar refractivity (Wildman–Crippen MR) is 159 cm³/mol. The minimum atomic E-state index is -0.247. The van der Waals surface area contributed by atoms with Crippen LogP contribution >= 0.6 is 11.3 Å². The molecule has 0 aliphatic heterocycles. The number of methoxy groups -OCH3 is 1. The lowest BCUT2D eigenvalue weighted by Gasteiger charge is -2.21. The quantitative estimate of drug-likeness (QED) is 0.223. The maximum absolute atomic E-state index is 13.4. The Kier molecular flexibility index (Phi) is 7.29. The van der Waals surface area contributed by atoms with E-state index in [0.717, 1.165) is 62.8 Å². The lowest BCUT2D eigenvalue weighted by atomic mass is 9.99. The van der Waals surface area contributed by atoms with Crippen LogP contribution < -0.4 is 20.7 Å². The summed E-state index contributed by atoms with van der Waals surface area (Å²) in [6, 6.07) is 27.8.